The van der Waals surface area contributed by atoms with Crippen LogP contribution in [-0.2, 0) is 28.6 Å². The molecule has 0 bridgehead atoms. The van der Waals surface area contributed by atoms with Gasteiger partial charge in [-0.3, -0.25) is 9.59 Å². The minimum absolute atomic E-state index is 0.162. The molecule has 9 heteroatoms. The number of esters is 1. The van der Waals surface area contributed by atoms with Crippen LogP contribution in [-0.4, -0.2) is 66.9 Å². The fourth-order valence-electron chi connectivity index (χ4n) is 2.67. The van der Waals surface area contributed by atoms with Crippen molar-refractivity contribution in [3.8, 4) is 0 Å². The lowest BCUT2D eigenvalue weighted by atomic mass is 9.99. The molecule has 0 rings (SSSR count). The number of rotatable bonds is 15. The Bertz CT molecular complexity index is 692. The molecule has 33 heavy (non-hydrogen) atoms. The van der Waals surface area contributed by atoms with Gasteiger partial charge >= 0.3 is 5.97 Å². The fourth-order valence-corrected chi connectivity index (χ4v) is 2.67. The zero-order chi connectivity index (χ0) is 26.0. The number of carbonyl (C=O) groups excluding carboxylic acids is 3. The molecule has 9 nitrogen and oxygen atoms in total. The molecule has 0 aliphatic rings. The summed E-state index contributed by atoms with van der Waals surface area (Å²) >= 11 is 0. The van der Waals surface area contributed by atoms with Crippen LogP contribution in [0.15, 0.2) is 25.3 Å². The van der Waals surface area contributed by atoms with E-state index in [1.54, 1.807) is 46.8 Å². The quantitative estimate of drug-likeness (QED) is 0.247. The maximum atomic E-state index is 13.1. The monoisotopic (exact) mass is 469 g/mol. The zero-order valence-electron chi connectivity index (χ0n) is 21.4. The van der Waals surface area contributed by atoms with Gasteiger partial charge in [0, 0.05) is 0 Å². The number of amides is 2. The lowest BCUT2D eigenvalue weighted by molar-refractivity contribution is -0.147. The van der Waals surface area contributed by atoms with E-state index in [1.165, 1.54) is 7.11 Å². The van der Waals surface area contributed by atoms with Crippen molar-refractivity contribution < 1.29 is 28.6 Å². The average molecular weight is 470 g/mol. The van der Waals surface area contributed by atoms with Gasteiger partial charge in [-0.05, 0) is 40.5 Å². The third-order valence-electron chi connectivity index (χ3n) is 5.50. The van der Waals surface area contributed by atoms with Crippen molar-refractivity contribution in [2.75, 3.05) is 13.7 Å². The van der Waals surface area contributed by atoms with Crippen molar-refractivity contribution in [2.45, 2.75) is 90.3 Å². The summed E-state index contributed by atoms with van der Waals surface area (Å²) in [4.78, 5) is 38.1. The van der Waals surface area contributed by atoms with Gasteiger partial charge in [-0.2, -0.15) is 0 Å². The van der Waals surface area contributed by atoms with Gasteiger partial charge in [0.25, 0.3) is 0 Å². The van der Waals surface area contributed by atoms with E-state index < -0.39 is 53.2 Å². The molecule has 190 valence electrons. The van der Waals surface area contributed by atoms with Crippen LogP contribution in [0.2, 0.25) is 0 Å². The lowest BCUT2D eigenvalue weighted by Gasteiger charge is -2.31. The Labute approximate surface area is 198 Å². The Kier molecular flexibility index (Phi) is 12.6. The first kappa shape index (κ1) is 30.8. The highest BCUT2D eigenvalue weighted by Gasteiger charge is 2.34. The Morgan fingerprint density at radius 3 is 2.00 bits per heavy atom. The highest BCUT2D eigenvalue weighted by atomic mass is 16.5. The first-order valence-corrected chi connectivity index (χ1v) is 11.2. The minimum atomic E-state index is -1.11. The third-order valence-corrected chi connectivity index (χ3v) is 5.50. The molecule has 0 radical (unpaired) electrons. The van der Waals surface area contributed by atoms with Gasteiger partial charge < -0.3 is 30.6 Å². The van der Waals surface area contributed by atoms with Crippen molar-refractivity contribution in [3.63, 3.8) is 0 Å². The summed E-state index contributed by atoms with van der Waals surface area (Å²) < 4.78 is 16.4. The maximum Gasteiger partial charge on any atom is 0.328 e. The number of nitrogens with one attached hydrogen (secondary N) is 2. The summed E-state index contributed by atoms with van der Waals surface area (Å²) in [6.45, 7) is 19.8. The summed E-state index contributed by atoms with van der Waals surface area (Å²) in [7, 11) is 1.25. The molecule has 0 saturated heterocycles. The van der Waals surface area contributed by atoms with Crippen molar-refractivity contribution in [1.82, 2.24) is 10.6 Å². The molecule has 0 fully saturated rings. The molecule has 0 heterocycles. The number of hydrogen-bond donors (Lipinski definition) is 3. The van der Waals surface area contributed by atoms with E-state index in [9.17, 15) is 14.4 Å². The topological polar surface area (TPSA) is 129 Å². The summed E-state index contributed by atoms with van der Waals surface area (Å²) in [5, 5.41) is 5.30. The van der Waals surface area contributed by atoms with E-state index in [4.69, 9.17) is 19.9 Å². The second-order valence-electron chi connectivity index (χ2n) is 9.23. The summed E-state index contributed by atoms with van der Waals surface area (Å²) in [6.07, 6.45) is 3.17. The van der Waals surface area contributed by atoms with Crippen molar-refractivity contribution in [1.29, 1.82) is 0 Å². The molecular weight excluding hydrogens is 426 g/mol. The second kappa shape index (κ2) is 13.5. The Hall–Kier alpha value is -2.23. The van der Waals surface area contributed by atoms with Crippen LogP contribution in [0.3, 0.4) is 0 Å². The predicted molar refractivity (Wildman–Crippen MR) is 128 cm³/mol. The summed E-state index contributed by atoms with van der Waals surface area (Å²) in [5.41, 5.74) is 4.66. The van der Waals surface area contributed by atoms with E-state index in [-0.39, 0.29) is 12.5 Å². The minimum Gasteiger partial charge on any atom is -0.467 e. The first-order chi connectivity index (χ1) is 15.1. The molecule has 0 spiro atoms. The van der Waals surface area contributed by atoms with Gasteiger partial charge in [0.05, 0.1) is 31.0 Å². The van der Waals surface area contributed by atoms with Crippen LogP contribution in [0.4, 0.5) is 0 Å². The molecule has 0 saturated carbocycles. The predicted octanol–water partition coefficient (Wildman–Crippen LogP) is 1.85. The number of ether oxygens (including phenoxy) is 3. The van der Waals surface area contributed by atoms with Crippen LogP contribution < -0.4 is 16.4 Å². The number of nitrogens with two attached hydrogens (primary N) is 1. The third kappa shape index (κ3) is 10.5. The fraction of sp³-hybridized carbons (Fsp3) is 0.708. The molecule has 5 atom stereocenters. The van der Waals surface area contributed by atoms with E-state index >= 15 is 0 Å². The molecular formula is C24H43N3O6. The molecule has 4 N–H and O–H groups in total. The summed E-state index contributed by atoms with van der Waals surface area (Å²) in [5.74, 6) is -1.94. The van der Waals surface area contributed by atoms with Crippen molar-refractivity contribution >= 4 is 17.8 Å². The molecule has 0 aliphatic carbocycles. The normalized spacial score (nSPS) is 16.5. The maximum absolute atomic E-state index is 13.1. The Morgan fingerprint density at radius 2 is 1.55 bits per heavy atom. The zero-order valence-corrected chi connectivity index (χ0v) is 21.4. The molecule has 0 aromatic rings. The Morgan fingerprint density at radius 1 is 1.00 bits per heavy atom. The highest BCUT2D eigenvalue weighted by Crippen LogP contribution is 2.15. The average Bonchev–Trinajstić information content (AvgIpc) is 2.77. The van der Waals surface area contributed by atoms with Crippen LogP contribution in [0, 0.1) is 5.92 Å². The standard InChI is InChI=1S/C24H43N3O6/c1-11-15(4)19(22(30)31-10)27-20(28)17(14-32-23(6,7)12-2)26-21(29)18(25)16(5)33-24(8,9)13-3/h12-13,15-19H,2-3,11,14,25H2,1,4-10H3,(H,26,29)(H,27,28)/t15-,16+,17-,18-,19-/m0/s1. The largest absolute Gasteiger partial charge is 0.467 e. The van der Waals surface area contributed by atoms with E-state index in [2.05, 4.69) is 23.8 Å². The van der Waals surface area contributed by atoms with Gasteiger partial charge in [-0.25, -0.2) is 4.79 Å². The van der Waals surface area contributed by atoms with E-state index in [1.807, 2.05) is 13.8 Å². The van der Waals surface area contributed by atoms with Crippen LogP contribution in [0.25, 0.3) is 0 Å². The number of hydrogen-bond acceptors (Lipinski definition) is 7. The second-order valence-corrected chi connectivity index (χ2v) is 9.23. The number of carbonyl (C=O) groups is 3. The van der Waals surface area contributed by atoms with Gasteiger partial charge in [-0.15, -0.1) is 13.2 Å². The smallest absolute Gasteiger partial charge is 0.328 e. The van der Waals surface area contributed by atoms with Gasteiger partial charge in [0.1, 0.15) is 18.1 Å². The molecule has 0 aromatic carbocycles. The van der Waals surface area contributed by atoms with E-state index in [0.717, 1.165) is 0 Å². The Balaban J connectivity index is 5.61. The lowest BCUT2D eigenvalue weighted by Crippen LogP contribution is -2.59. The van der Waals surface area contributed by atoms with Crippen LogP contribution >= 0.6 is 0 Å². The molecule has 2 amide bonds. The summed E-state index contributed by atoms with van der Waals surface area (Å²) in [6, 6.07) is -3.04. The van der Waals surface area contributed by atoms with Crippen LogP contribution in [0.1, 0.15) is 54.9 Å². The first-order valence-electron chi connectivity index (χ1n) is 11.2. The van der Waals surface area contributed by atoms with E-state index in [0.29, 0.717) is 6.42 Å². The van der Waals surface area contributed by atoms with Gasteiger partial charge in [0.15, 0.2) is 0 Å². The van der Waals surface area contributed by atoms with Crippen LogP contribution in [0.5, 0.6) is 0 Å². The molecule has 0 unspecified atom stereocenters. The molecule has 0 aliphatic heterocycles. The van der Waals surface area contributed by atoms with Gasteiger partial charge in [0.2, 0.25) is 11.8 Å². The van der Waals surface area contributed by atoms with Crippen molar-refractivity contribution in [2.24, 2.45) is 11.7 Å². The number of methoxy groups -OCH3 is 1. The molecule has 0 aromatic heterocycles. The SMILES string of the molecule is C=CC(C)(C)OC[C@H](NC(=O)[C@@H](N)[C@@H](C)OC(C)(C)C=C)C(=O)N[C@H](C(=O)OC)[C@@H](C)CC. The highest BCUT2D eigenvalue weighted by molar-refractivity contribution is 5.92. The van der Waals surface area contributed by atoms with Crippen molar-refractivity contribution in [3.05, 3.63) is 25.3 Å². The van der Waals surface area contributed by atoms with Gasteiger partial charge in [-0.1, -0.05) is 32.4 Å².